The molecule has 1 heterocycles. The van der Waals surface area contributed by atoms with Crippen LogP contribution < -0.4 is 5.32 Å². The molecule has 0 bridgehead atoms. The smallest absolute Gasteiger partial charge is 0.232 e. The van der Waals surface area contributed by atoms with Crippen molar-refractivity contribution in [3.8, 4) is 0 Å². The zero-order chi connectivity index (χ0) is 15.5. The molecule has 0 unspecified atom stereocenters. The topological polar surface area (TPSA) is 32.3 Å². The van der Waals surface area contributed by atoms with Crippen molar-refractivity contribution >= 4 is 29.9 Å². The predicted molar refractivity (Wildman–Crippen MR) is 95.0 cm³/mol. The number of hydrogen-bond acceptors (Lipinski definition) is 2. The predicted octanol–water partition coefficient (Wildman–Crippen LogP) is 3.50. The number of halogens is 2. The van der Waals surface area contributed by atoms with E-state index in [-0.39, 0.29) is 18.3 Å². The van der Waals surface area contributed by atoms with Gasteiger partial charge in [-0.1, -0.05) is 29.8 Å². The molecule has 3 nitrogen and oxygen atoms in total. The van der Waals surface area contributed by atoms with Crippen LogP contribution in [-0.2, 0) is 10.2 Å². The molecule has 124 valence electrons. The Morgan fingerprint density at radius 3 is 2.45 bits per heavy atom. The molecule has 1 fully saturated rings. The minimum Gasteiger partial charge on any atom is -0.342 e. The lowest BCUT2D eigenvalue weighted by atomic mass is 9.82. The molecule has 0 atom stereocenters. The van der Waals surface area contributed by atoms with E-state index in [1.807, 2.05) is 50.1 Å². The molecule has 0 spiro atoms. The van der Waals surface area contributed by atoms with Gasteiger partial charge in [0.1, 0.15) is 0 Å². The maximum Gasteiger partial charge on any atom is 0.232 e. The molecule has 0 saturated carbocycles. The molecule has 1 aromatic rings. The molecule has 22 heavy (non-hydrogen) atoms. The summed E-state index contributed by atoms with van der Waals surface area (Å²) < 4.78 is 0. The van der Waals surface area contributed by atoms with Gasteiger partial charge in [-0.15, -0.1) is 12.4 Å². The molecule has 0 radical (unpaired) electrons. The zero-order valence-corrected chi connectivity index (χ0v) is 15.1. The monoisotopic (exact) mass is 344 g/mol. The Morgan fingerprint density at radius 1 is 1.32 bits per heavy atom. The summed E-state index contributed by atoms with van der Waals surface area (Å²) in [6, 6.07) is 7.64. The lowest BCUT2D eigenvalue weighted by Gasteiger charge is -2.37. The Hall–Kier alpha value is -0.770. The van der Waals surface area contributed by atoms with Crippen LogP contribution in [0.1, 0.15) is 32.3 Å². The fourth-order valence-electron chi connectivity index (χ4n) is 3.11. The van der Waals surface area contributed by atoms with E-state index >= 15 is 0 Å². The Kier molecular flexibility index (Phi) is 7.17. The number of piperidine rings is 1. The number of rotatable bonds is 4. The maximum absolute atomic E-state index is 12.9. The van der Waals surface area contributed by atoms with Crippen LogP contribution in [0.25, 0.3) is 0 Å². The second-order valence-electron chi connectivity index (χ2n) is 6.40. The minimum atomic E-state index is -0.575. The van der Waals surface area contributed by atoms with Crippen LogP contribution in [0, 0.1) is 5.92 Å². The molecule has 1 saturated heterocycles. The summed E-state index contributed by atoms with van der Waals surface area (Å²) >= 11 is 6.28. The number of amides is 1. The first-order valence-electron chi connectivity index (χ1n) is 7.65. The molecule has 1 amide bonds. The van der Waals surface area contributed by atoms with E-state index in [1.165, 1.54) is 0 Å². The normalized spacial score (nSPS) is 16.3. The van der Waals surface area contributed by atoms with Gasteiger partial charge in [-0.25, -0.2) is 0 Å². The van der Waals surface area contributed by atoms with E-state index in [1.54, 1.807) is 0 Å². The second kappa shape index (κ2) is 8.19. The van der Waals surface area contributed by atoms with E-state index in [9.17, 15) is 4.79 Å². The number of nitrogens with one attached hydrogen (secondary N) is 1. The fraction of sp³-hybridized carbons (Fsp3) is 0.588. The Bertz CT molecular complexity index is 497. The van der Waals surface area contributed by atoms with Gasteiger partial charge in [-0.05, 0) is 57.8 Å². The van der Waals surface area contributed by atoms with E-state index in [0.717, 1.165) is 38.0 Å². The van der Waals surface area contributed by atoms with Gasteiger partial charge in [0.05, 0.1) is 5.41 Å². The van der Waals surface area contributed by atoms with Crippen molar-refractivity contribution in [2.75, 3.05) is 26.7 Å². The van der Waals surface area contributed by atoms with Crippen LogP contribution in [0.15, 0.2) is 24.3 Å². The summed E-state index contributed by atoms with van der Waals surface area (Å²) in [5.74, 6) is 0.862. The van der Waals surface area contributed by atoms with Crippen LogP contribution >= 0.6 is 24.0 Å². The van der Waals surface area contributed by atoms with Crippen LogP contribution in [0.3, 0.4) is 0 Å². The molecule has 0 aromatic heterocycles. The van der Waals surface area contributed by atoms with E-state index in [0.29, 0.717) is 10.9 Å². The average Bonchev–Trinajstić information content (AvgIpc) is 2.48. The van der Waals surface area contributed by atoms with Crippen molar-refractivity contribution in [1.82, 2.24) is 10.2 Å². The van der Waals surface area contributed by atoms with E-state index in [2.05, 4.69) is 5.32 Å². The number of benzene rings is 1. The highest BCUT2D eigenvalue weighted by Gasteiger charge is 2.36. The molecule has 1 aliphatic rings. The van der Waals surface area contributed by atoms with Crippen molar-refractivity contribution in [3.63, 3.8) is 0 Å². The number of carbonyl (C=O) groups is 1. The molecule has 0 aliphatic carbocycles. The first-order chi connectivity index (χ1) is 9.96. The molecular formula is C17H26Cl2N2O. The Morgan fingerprint density at radius 2 is 1.91 bits per heavy atom. The quantitative estimate of drug-likeness (QED) is 0.906. The summed E-state index contributed by atoms with van der Waals surface area (Å²) in [6.45, 7) is 6.67. The number of hydrogen-bond donors (Lipinski definition) is 1. The third kappa shape index (κ3) is 4.15. The molecule has 2 rings (SSSR count). The van der Waals surface area contributed by atoms with Gasteiger partial charge in [-0.2, -0.15) is 0 Å². The van der Waals surface area contributed by atoms with Gasteiger partial charge in [0, 0.05) is 18.1 Å². The van der Waals surface area contributed by atoms with Crippen LogP contribution in [0.2, 0.25) is 5.02 Å². The van der Waals surface area contributed by atoms with Gasteiger partial charge in [0.2, 0.25) is 5.91 Å². The summed E-state index contributed by atoms with van der Waals surface area (Å²) in [6.07, 6.45) is 2.15. The molecular weight excluding hydrogens is 319 g/mol. The molecule has 1 aliphatic heterocycles. The zero-order valence-electron chi connectivity index (χ0n) is 13.6. The summed E-state index contributed by atoms with van der Waals surface area (Å²) in [4.78, 5) is 14.9. The highest BCUT2D eigenvalue weighted by Crippen LogP contribution is 2.32. The van der Waals surface area contributed by atoms with Gasteiger partial charge in [0.15, 0.2) is 0 Å². The lowest BCUT2D eigenvalue weighted by Crippen LogP contribution is -2.47. The minimum absolute atomic E-state index is 0. The maximum atomic E-state index is 12.9. The number of nitrogens with zero attached hydrogens (tertiary/aromatic N) is 1. The fourth-order valence-corrected chi connectivity index (χ4v) is 3.48. The molecule has 5 heteroatoms. The third-order valence-corrected chi connectivity index (χ3v) is 4.81. The van der Waals surface area contributed by atoms with E-state index in [4.69, 9.17) is 11.6 Å². The largest absolute Gasteiger partial charge is 0.342 e. The summed E-state index contributed by atoms with van der Waals surface area (Å²) in [7, 11) is 1.98. The highest BCUT2D eigenvalue weighted by molar-refractivity contribution is 6.31. The number of likely N-dealkylation sites (tertiary alicyclic amines) is 1. The SMILES string of the molecule is CNCC1CCN(C(=O)C(C)(C)c2ccccc2Cl)CC1.Cl. The van der Waals surface area contributed by atoms with Crippen molar-refractivity contribution in [2.24, 2.45) is 5.92 Å². The summed E-state index contributed by atoms with van der Waals surface area (Å²) in [5, 5.41) is 3.89. The van der Waals surface area contributed by atoms with Crippen molar-refractivity contribution in [1.29, 1.82) is 0 Å². The molecule has 1 N–H and O–H groups in total. The van der Waals surface area contributed by atoms with Crippen LogP contribution in [0.5, 0.6) is 0 Å². The highest BCUT2D eigenvalue weighted by atomic mass is 35.5. The van der Waals surface area contributed by atoms with Crippen molar-refractivity contribution in [2.45, 2.75) is 32.1 Å². The lowest BCUT2D eigenvalue weighted by molar-refractivity contribution is -0.137. The van der Waals surface area contributed by atoms with E-state index < -0.39 is 5.41 Å². The van der Waals surface area contributed by atoms with Gasteiger partial charge in [-0.3, -0.25) is 4.79 Å². The van der Waals surface area contributed by atoms with Crippen LogP contribution in [0.4, 0.5) is 0 Å². The number of carbonyl (C=O) groups excluding carboxylic acids is 1. The Balaban J connectivity index is 0.00000242. The average molecular weight is 345 g/mol. The summed E-state index contributed by atoms with van der Waals surface area (Å²) in [5.41, 5.74) is 0.336. The van der Waals surface area contributed by atoms with Crippen molar-refractivity contribution < 1.29 is 4.79 Å². The van der Waals surface area contributed by atoms with Gasteiger partial charge < -0.3 is 10.2 Å². The van der Waals surface area contributed by atoms with Crippen molar-refractivity contribution in [3.05, 3.63) is 34.9 Å². The first kappa shape index (κ1) is 19.3. The van der Waals surface area contributed by atoms with Crippen LogP contribution in [-0.4, -0.2) is 37.5 Å². The Labute approximate surface area is 144 Å². The molecule has 1 aromatic carbocycles. The second-order valence-corrected chi connectivity index (χ2v) is 6.81. The standard InChI is InChI=1S/C17H25ClN2O.ClH/c1-17(2,14-6-4-5-7-15(14)18)16(21)20-10-8-13(9-11-20)12-19-3;/h4-7,13,19H,8-12H2,1-3H3;1H. The first-order valence-corrected chi connectivity index (χ1v) is 8.03. The third-order valence-electron chi connectivity index (χ3n) is 4.48. The van der Waals surface area contributed by atoms with Gasteiger partial charge in [0.25, 0.3) is 0 Å². The van der Waals surface area contributed by atoms with Gasteiger partial charge >= 0.3 is 0 Å².